The van der Waals surface area contributed by atoms with Crippen LogP contribution in [0.3, 0.4) is 0 Å². The Hall–Kier alpha value is -1.40. The molecule has 1 fully saturated rings. The smallest absolute Gasteiger partial charge is 0.228 e. The Morgan fingerprint density at radius 1 is 1.42 bits per heavy atom. The second kappa shape index (κ2) is 4.94. The molecule has 2 aromatic rings. The maximum atomic E-state index is 6.28. The molecule has 2 aromatic heterocycles. The van der Waals surface area contributed by atoms with Crippen molar-refractivity contribution < 1.29 is 4.52 Å². The summed E-state index contributed by atoms with van der Waals surface area (Å²) in [6.45, 7) is 0.659. The summed E-state index contributed by atoms with van der Waals surface area (Å²) in [7, 11) is 0. The van der Waals surface area contributed by atoms with Gasteiger partial charge in [0.2, 0.25) is 5.89 Å². The second-order valence-corrected chi connectivity index (χ2v) is 5.48. The van der Waals surface area contributed by atoms with Crippen molar-refractivity contribution in [2.24, 2.45) is 5.73 Å². The highest BCUT2D eigenvalue weighted by Crippen LogP contribution is 2.34. The van der Waals surface area contributed by atoms with E-state index in [9.17, 15) is 0 Å². The van der Waals surface area contributed by atoms with E-state index in [1.54, 1.807) is 17.1 Å². The van der Waals surface area contributed by atoms with E-state index in [-0.39, 0.29) is 0 Å². The number of nitrogens with two attached hydrogens (primary N) is 1. The molecule has 0 unspecified atom stereocenters. The van der Waals surface area contributed by atoms with E-state index in [2.05, 4.69) is 15.2 Å². The number of halogens is 1. The SMILES string of the molecule is NC1(c2noc(CCn3cc(Cl)cn3)n2)CCCC1. The lowest BCUT2D eigenvalue weighted by Crippen LogP contribution is -2.34. The third kappa shape index (κ3) is 2.64. The van der Waals surface area contributed by atoms with Crippen LogP contribution in [-0.2, 0) is 18.5 Å². The number of aryl methyl sites for hydroxylation is 2. The Labute approximate surface area is 115 Å². The molecule has 7 heteroatoms. The van der Waals surface area contributed by atoms with Crippen molar-refractivity contribution in [3.05, 3.63) is 29.1 Å². The van der Waals surface area contributed by atoms with E-state index in [0.29, 0.717) is 29.7 Å². The molecular formula is C12H16ClN5O. The van der Waals surface area contributed by atoms with Gasteiger partial charge in [-0.1, -0.05) is 29.6 Å². The summed E-state index contributed by atoms with van der Waals surface area (Å²) in [6, 6.07) is 0. The van der Waals surface area contributed by atoms with Gasteiger partial charge in [-0.25, -0.2) is 0 Å². The van der Waals surface area contributed by atoms with Crippen LogP contribution in [0.4, 0.5) is 0 Å². The molecule has 2 heterocycles. The van der Waals surface area contributed by atoms with Gasteiger partial charge in [0.05, 0.1) is 16.8 Å². The Morgan fingerprint density at radius 2 is 2.21 bits per heavy atom. The van der Waals surface area contributed by atoms with Crippen LogP contribution < -0.4 is 5.73 Å². The molecule has 0 aliphatic heterocycles. The van der Waals surface area contributed by atoms with Crippen LogP contribution in [0, 0.1) is 0 Å². The standard InChI is InChI=1S/C12H16ClN5O/c13-9-7-15-18(8-9)6-3-10-16-11(17-19-10)12(14)4-1-2-5-12/h7-8H,1-6,14H2. The summed E-state index contributed by atoms with van der Waals surface area (Å²) in [5.74, 6) is 1.23. The van der Waals surface area contributed by atoms with Gasteiger partial charge in [0.15, 0.2) is 5.82 Å². The fraction of sp³-hybridized carbons (Fsp3) is 0.583. The van der Waals surface area contributed by atoms with E-state index in [1.165, 1.54) is 0 Å². The summed E-state index contributed by atoms with van der Waals surface area (Å²) >= 11 is 5.80. The Morgan fingerprint density at radius 3 is 2.89 bits per heavy atom. The van der Waals surface area contributed by atoms with E-state index in [1.807, 2.05) is 0 Å². The molecule has 3 rings (SSSR count). The molecule has 1 aliphatic carbocycles. The van der Waals surface area contributed by atoms with Gasteiger partial charge in [-0.15, -0.1) is 0 Å². The molecule has 19 heavy (non-hydrogen) atoms. The molecule has 102 valence electrons. The van der Waals surface area contributed by atoms with Crippen LogP contribution in [0.5, 0.6) is 0 Å². The zero-order valence-electron chi connectivity index (χ0n) is 10.5. The molecule has 2 N–H and O–H groups in total. The first-order valence-electron chi connectivity index (χ1n) is 6.46. The van der Waals surface area contributed by atoms with Gasteiger partial charge in [-0.3, -0.25) is 4.68 Å². The maximum absolute atomic E-state index is 6.28. The summed E-state index contributed by atoms with van der Waals surface area (Å²) < 4.78 is 7.01. The minimum absolute atomic E-state index is 0.392. The fourth-order valence-corrected chi connectivity index (χ4v) is 2.62. The van der Waals surface area contributed by atoms with Crippen molar-refractivity contribution in [2.45, 2.75) is 44.2 Å². The van der Waals surface area contributed by atoms with Gasteiger partial charge < -0.3 is 10.3 Å². The summed E-state index contributed by atoms with van der Waals surface area (Å²) in [5, 5.41) is 8.74. The quantitative estimate of drug-likeness (QED) is 0.925. The van der Waals surface area contributed by atoms with E-state index in [4.69, 9.17) is 21.9 Å². The van der Waals surface area contributed by atoms with E-state index < -0.39 is 5.54 Å². The van der Waals surface area contributed by atoms with Crippen LogP contribution in [0.15, 0.2) is 16.9 Å². The van der Waals surface area contributed by atoms with Crippen molar-refractivity contribution in [1.82, 2.24) is 19.9 Å². The number of rotatable bonds is 4. The summed E-state index contributed by atoms with van der Waals surface area (Å²) in [4.78, 5) is 4.41. The Bertz CT molecular complexity index is 558. The zero-order valence-corrected chi connectivity index (χ0v) is 11.3. The third-order valence-electron chi connectivity index (χ3n) is 3.57. The molecule has 0 radical (unpaired) electrons. The van der Waals surface area contributed by atoms with Crippen molar-refractivity contribution in [1.29, 1.82) is 0 Å². The first-order valence-corrected chi connectivity index (χ1v) is 6.83. The number of hydrogen-bond donors (Lipinski definition) is 1. The third-order valence-corrected chi connectivity index (χ3v) is 3.76. The molecule has 0 atom stereocenters. The predicted octanol–water partition coefficient (Wildman–Crippen LogP) is 1.89. The van der Waals surface area contributed by atoms with Gasteiger partial charge in [-0.2, -0.15) is 10.1 Å². The lowest BCUT2D eigenvalue weighted by molar-refractivity contribution is 0.343. The zero-order chi connectivity index (χ0) is 13.3. The normalized spacial score (nSPS) is 18.0. The Balaban J connectivity index is 1.65. The largest absolute Gasteiger partial charge is 0.339 e. The van der Waals surface area contributed by atoms with Crippen LogP contribution >= 0.6 is 11.6 Å². The molecule has 0 bridgehead atoms. The topological polar surface area (TPSA) is 82.8 Å². The second-order valence-electron chi connectivity index (χ2n) is 5.05. The highest BCUT2D eigenvalue weighted by Gasteiger charge is 2.35. The maximum Gasteiger partial charge on any atom is 0.228 e. The van der Waals surface area contributed by atoms with Gasteiger partial charge in [-0.05, 0) is 12.8 Å². The lowest BCUT2D eigenvalue weighted by Gasteiger charge is -2.17. The van der Waals surface area contributed by atoms with Crippen LogP contribution in [0.1, 0.15) is 37.4 Å². The van der Waals surface area contributed by atoms with Gasteiger partial charge in [0.1, 0.15) is 0 Å². The van der Waals surface area contributed by atoms with E-state index >= 15 is 0 Å². The van der Waals surface area contributed by atoms with Crippen molar-refractivity contribution in [3.63, 3.8) is 0 Å². The lowest BCUT2D eigenvalue weighted by atomic mass is 9.99. The number of aromatic nitrogens is 4. The Kier molecular flexibility index (Phi) is 3.28. The molecule has 0 aromatic carbocycles. The fourth-order valence-electron chi connectivity index (χ4n) is 2.46. The number of nitrogens with zero attached hydrogens (tertiary/aromatic N) is 4. The molecule has 0 saturated heterocycles. The number of hydrogen-bond acceptors (Lipinski definition) is 5. The van der Waals surface area contributed by atoms with Crippen molar-refractivity contribution in [3.8, 4) is 0 Å². The highest BCUT2D eigenvalue weighted by atomic mass is 35.5. The van der Waals surface area contributed by atoms with E-state index in [0.717, 1.165) is 25.7 Å². The minimum atomic E-state index is -0.392. The first-order chi connectivity index (χ1) is 9.16. The van der Waals surface area contributed by atoms with Crippen molar-refractivity contribution in [2.75, 3.05) is 0 Å². The summed E-state index contributed by atoms with van der Waals surface area (Å²) in [5.41, 5.74) is 5.89. The molecule has 1 saturated carbocycles. The predicted molar refractivity (Wildman–Crippen MR) is 69.6 cm³/mol. The molecule has 6 nitrogen and oxygen atoms in total. The first kappa shape index (κ1) is 12.6. The molecule has 0 spiro atoms. The summed E-state index contributed by atoms with van der Waals surface area (Å²) in [6.07, 6.45) is 8.12. The average Bonchev–Trinajstić information content (AvgIpc) is 3.08. The van der Waals surface area contributed by atoms with Crippen LogP contribution in [0.2, 0.25) is 5.02 Å². The van der Waals surface area contributed by atoms with Gasteiger partial charge in [0, 0.05) is 19.2 Å². The highest BCUT2D eigenvalue weighted by molar-refractivity contribution is 6.30. The van der Waals surface area contributed by atoms with Crippen LogP contribution in [0.25, 0.3) is 0 Å². The van der Waals surface area contributed by atoms with Crippen LogP contribution in [-0.4, -0.2) is 19.9 Å². The minimum Gasteiger partial charge on any atom is -0.339 e. The molecule has 0 amide bonds. The van der Waals surface area contributed by atoms with Gasteiger partial charge >= 0.3 is 0 Å². The monoisotopic (exact) mass is 281 g/mol. The average molecular weight is 282 g/mol. The van der Waals surface area contributed by atoms with Crippen molar-refractivity contribution >= 4 is 11.6 Å². The van der Waals surface area contributed by atoms with Gasteiger partial charge in [0.25, 0.3) is 0 Å². The molecule has 1 aliphatic rings. The molecular weight excluding hydrogens is 266 g/mol.